The number of carbonyl (C=O) groups excluding carboxylic acids is 3. The number of rotatable bonds is 17. The molecule has 14 nitrogen and oxygen atoms in total. The van der Waals surface area contributed by atoms with E-state index < -0.39 is 64.3 Å². The standard InChI is InChI=1S/C17H22N2O7.C15H16O5P2/c1-10(2)14(15(22)18-12(16(23)24)8-13(20)21)19-17(25)26-9-11-6-4-3-5-7-11;16-13(11-19-21(17)14-7-3-1-4-8-14)12-20-22(18)15-9-5-2-6-10-15/h3-7,10,12,14H,8-9H2,1-2H3,(H,18,22)(H,19,25)(H,20,21)(H,23,24);1-10,21-22H,11-12H2/t12-,14-;/m0./s1. The number of benzene rings is 3. The van der Waals surface area contributed by atoms with Crippen molar-refractivity contribution in [1.82, 2.24) is 10.6 Å². The number of carbonyl (C=O) groups is 5. The van der Waals surface area contributed by atoms with E-state index in [-0.39, 0.29) is 25.7 Å². The van der Waals surface area contributed by atoms with Crippen LogP contribution in [0.4, 0.5) is 4.79 Å². The molecule has 0 spiro atoms. The molecule has 0 saturated carbocycles. The van der Waals surface area contributed by atoms with E-state index in [1.165, 1.54) is 0 Å². The number of hydrogen-bond donors (Lipinski definition) is 4. The maximum Gasteiger partial charge on any atom is 0.408 e. The van der Waals surface area contributed by atoms with E-state index in [9.17, 15) is 33.1 Å². The third-order valence-electron chi connectivity index (χ3n) is 6.18. The molecule has 0 radical (unpaired) electrons. The maximum atomic E-state index is 12.3. The van der Waals surface area contributed by atoms with E-state index in [0.29, 0.717) is 10.6 Å². The largest absolute Gasteiger partial charge is 0.481 e. The SMILES string of the molecule is CC(C)[C@H](NC(=O)OCc1ccccc1)C(=O)N[C@@H](CC(=O)O)C(=O)O.O=C(CO[PH](=O)c1ccccc1)CO[PH](=O)c1ccccc1. The second-order valence-electron chi connectivity index (χ2n) is 10.3. The van der Waals surface area contributed by atoms with Crippen molar-refractivity contribution < 1.29 is 57.1 Å². The van der Waals surface area contributed by atoms with Crippen LogP contribution in [0.25, 0.3) is 0 Å². The monoisotopic (exact) mass is 704 g/mol. The molecule has 0 aliphatic heterocycles. The molecule has 2 amide bonds. The van der Waals surface area contributed by atoms with Gasteiger partial charge in [0.25, 0.3) is 0 Å². The Morgan fingerprint density at radius 3 is 1.58 bits per heavy atom. The fraction of sp³-hybridized carbons (Fsp3) is 0.281. The molecule has 3 aromatic carbocycles. The van der Waals surface area contributed by atoms with E-state index in [1.54, 1.807) is 98.8 Å². The Kier molecular flexibility index (Phi) is 17.6. The summed E-state index contributed by atoms with van der Waals surface area (Å²) in [5.41, 5.74) is 0.764. The first-order valence-electron chi connectivity index (χ1n) is 14.6. The number of amides is 2. The van der Waals surface area contributed by atoms with Crippen LogP contribution in [0.2, 0.25) is 0 Å². The molecule has 0 heterocycles. The first kappa shape index (κ1) is 39.6. The highest BCUT2D eigenvalue weighted by Gasteiger charge is 2.30. The van der Waals surface area contributed by atoms with Gasteiger partial charge in [0.2, 0.25) is 22.0 Å². The topological polar surface area (TPSA) is 212 Å². The summed E-state index contributed by atoms with van der Waals surface area (Å²) < 4.78 is 38.8. The number of nitrogens with one attached hydrogen (secondary N) is 2. The van der Waals surface area contributed by atoms with E-state index >= 15 is 0 Å². The van der Waals surface area contributed by atoms with Gasteiger partial charge in [-0.15, -0.1) is 0 Å². The van der Waals surface area contributed by atoms with Crippen LogP contribution in [-0.2, 0) is 48.7 Å². The molecule has 0 aliphatic carbocycles. The van der Waals surface area contributed by atoms with Crippen LogP contribution in [0.3, 0.4) is 0 Å². The third-order valence-corrected chi connectivity index (χ3v) is 8.60. The number of ether oxygens (including phenoxy) is 1. The predicted molar refractivity (Wildman–Crippen MR) is 177 cm³/mol. The Morgan fingerprint density at radius 1 is 0.708 bits per heavy atom. The second kappa shape index (κ2) is 21.3. The van der Waals surface area contributed by atoms with Crippen LogP contribution >= 0.6 is 16.1 Å². The molecule has 48 heavy (non-hydrogen) atoms. The molecule has 258 valence electrons. The quantitative estimate of drug-likeness (QED) is 0.149. The van der Waals surface area contributed by atoms with E-state index in [4.69, 9.17) is 24.0 Å². The summed E-state index contributed by atoms with van der Waals surface area (Å²) in [5.74, 6) is -4.42. The van der Waals surface area contributed by atoms with Crippen LogP contribution in [0.1, 0.15) is 25.8 Å². The number of hydrogen-bond acceptors (Lipinski definition) is 10. The van der Waals surface area contributed by atoms with Crippen molar-refractivity contribution >= 4 is 56.4 Å². The van der Waals surface area contributed by atoms with E-state index in [1.807, 2.05) is 6.07 Å². The molecule has 3 rings (SSSR count). The van der Waals surface area contributed by atoms with Gasteiger partial charge >= 0.3 is 18.0 Å². The Hall–Kier alpha value is -4.61. The molecule has 0 aromatic heterocycles. The van der Waals surface area contributed by atoms with Gasteiger partial charge in [-0.25, -0.2) is 9.59 Å². The molecule has 0 aliphatic rings. The lowest BCUT2D eigenvalue weighted by Gasteiger charge is -2.23. The number of aliphatic carboxylic acids is 2. The number of Topliss-reactive ketones (excluding diaryl/α,β-unsaturated/α-hetero) is 1. The summed E-state index contributed by atoms with van der Waals surface area (Å²) in [6.45, 7) is 2.66. The van der Waals surface area contributed by atoms with Gasteiger partial charge in [-0.05, 0) is 35.7 Å². The summed E-state index contributed by atoms with van der Waals surface area (Å²) >= 11 is 0. The van der Waals surface area contributed by atoms with Crippen LogP contribution in [0.5, 0.6) is 0 Å². The number of carboxylic acids is 2. The Labute approximate surface area is 278 Å². The highest BCUT2D eigenvalue weighted by molar-refractivity contribution is 7.48. The van der Waals surface area contributed by atoms with Gasteiger partial charge in [0, 0.05) is 10.6 Å². The fourth-order valence-electron chi connectivity index (χ4n) is 3.71. The van der Waals surface area contributed by atoms with E-state index in [2.05, 4.69) is 10.6 Å². The molecular weight excluding hydrogens is 666 g/mol. The number of carboxylic acid groups (broad SMARTS) is 2. The van der Waals surface area contributed by atoms with Crippen molar-refractivity contribution in [2.24, 2.45) is 5.92 Å². The normalized spacial score (nSPS) is 13.1. The van der Waals surface area contributed by atoms with Crippen molar-refractivity contribution in [3.8, 4) is 0 Å². The summed E-state index contributed by atoms with van der Waals surface area (Å²) in [5, 5.41) is 23.3. The fourth-order valence-corrected chi connectivity index (χ4v) is 5.56. The zero-order chi connectivity index (χ0) is 35.5. The van der Waals surface area contributed by atoms with Gasteiger partial charge in [0.1, 0.15) is 31.9 Å². The lowest BCUT2D eigenvalue weighted by atomic mass is 10.0. The summed E-state index contributed by atoms with van der Waals surface area (Å²) in [6.07, 6.45) is -1.61. The molecular formula is C32H38N2O12P2. The molecule has 2 unspecified atom stereocenters. The van der Waals surface area contributed by atoms with Gasteiger partial charge in [-0.1, -0.05) is 80.6 Å². The average Bonchev–Trinajstić information content (AvgIpc) is 3.08. The Morgan fingerprint density at radius 2 is 1.17 bits per heavy atom. The zero-order valence-electron chi connectivity index (χ0n) is 26.2. The Bertz CT molecular complexity index is 1480. The smallest absolute Gasteiger partial charge is 0.408 e. The van der Waals surface area contributed by atoms with Crippen molar-refractivity contribution in [2.75, 3.05) is 13.2 Å². The van der Waals surface area contributed by atoms with Crippen molar-refractivity contribution in [1.29, 1.82) is 0 Å². The Balaban J connectivity index is 0.000000338. The van der Waals surface area contributed by atoms with Gasteiger partial charge in [0.15, 0.2) is 5.78 Å². The average molecular weight is 705 g/mol. The van der Waals surface area contributed by atoms with Crippen molar-refractivity contribution in [2.45, 2.75) is 39.0 Å². The van der Waals surface area contributed by atoms with Crippen molar-refractivity contribution in [3.05, 3.63) is 96.6 Å². The highest BCUT2D eigenvalue weighted by atomic mass is 31.1. The summed E-state index contributed by atoms with van der Waals surface area (Å²) in [4.78, 5) is 57.5. The second-order valence-corrected chi connectivity index (χ2v) is 13.2. The van der Waals surface area contributed by atoms with Gasteiger partial charge < -0.3 is 34.6 Å². The lowest BCUT2D eigenvalue weighted by molar-refractivity contribution is -0.147. The third kappa shape index (κ3) is 15.3. The highest BCUT2D eigenvalue weighted by Crippen LogP contribution is 2.23. The minimum absolute atomic E-state index is 0.00979. The molecule has 4 atom stereocenters. The van der Waals surface area contributed by atoms with Crippen LogP contribution in [0, 0.1) is 5.92 Å². The molecule has 4 N–H and O–H groups in total. The molecule has 0 fully saturated rings. The minimum atomic E-state index is -2.45. The number of ketones is 1. The van der Waals surface area contributed by atoms with Crippen LogP contribution < -0.4 is 21.2 Å². The molecule has 0 saturated heterocycles. The predicted octanol–water partition coefficient (Wildman–Crippen LogP) is 3.17. The summed E-state index contributed by atoms with van der Waals surface area (Å²) in [7, 11) is -4.90. The maximum absolute atomic E-state index is 12.3. The molecule has 3 aromatic rings. The zero-order valence-corrected chi connectivity index (χ0v) is 28.2. The van der Waals surface area contributed by atoms with Crippen molar-refractivity contribution in [3.63, 3.8) is 0 Å². The molecule has 0 bridgehead atoms. The first-order valence-corrected chi connectivity index (χ1v) is 17.2. The molecule has 16 heteroatoms. The van der Waals surface area contributed by atoms with Crippen LogP contribution in [0.15, 0.2) is 91.0 Å². The van der Waals surface area contributed by atoms with Crippen LogP contribution in [-0.4, -0.2) is 65.2 Å². The summed E-state index contributed by atoms with van der Waals surface area (Å²) in [6, 6.07) is 23.6. The lowest BCUT2D eigenvalue weighted by Crippen LogP contribution is -2.54. The van der Waals surface area contributed by atoms with Gasteiger partial charge in [-0.2, -0.15) is 0 Å². The first-order chi connectivity index (χ1) is 22.9. The minimum Gasteiger partial charge on any atom is -0.481 e. The van der Waals surface area contributed by atoms with Gasteiger partial charge in [0.05, 0.1) is 6.42 Å². The van der Waals surface area contributed by atoms with Gasteiger partial charge in [-0.3, -0.25) is 23.5 Å². The number of alkyl carbamates (subject to hydrolysis) is 1. The van der Waals surface area contributed by atoms with E-state index in [0.717, 1.165) is 5.56 Å².